The van der Waals surface area contributed by atoms with Crippen LogP contribution in [0.15, 0.2) is 0 Å². The maximum Gasteiger partial charge on any atom is -0.00179 e. The molecule has 1 saturated heterocycles. The molecule has 1 rings (SSSR count). The Bertz CT molecular complexity index is 310. The summed E-state index contributed by atoms with van der Waals surface area (Å²) in [6.45, 7) is 9.69. The average molecular weight is 408 g/mol. The van der Waals surface area contributed by atoms with Crippen LogP contribution in [0, 0.1) is 17.8 Å². The van der Waals surface area contributed by atoms with Gasteiger partial charge in [-0.2, -0.15) is 0 Å². The summed E-state index contributed by atoms with van der Waals surface area (Å²) in [6.07, 6.45) is 29.2. The van der Waals surface area contributed by atoms with Gasteiger partial charge in [-0.05, 0) is 50.1 Å². The molecule has 0 amide bonds. The Balaban J connectivity index is 2.42. The monoisotopic (exact) mass is 407 g/mol. The second-order valence-electron chi connectivity index (χ2n) is 10.6. The molecule has 29 heavy (non-hydrogen) atoms. The van der Waals surface area contributed by atoms with E-state index in [1.807, 2.05) is 0 Å². The first kappa shape index (κ1) is 27.0. The largest absolute Gasteiger partial charge is 0.316 e. The standard InChI is InChI=1S/C28H57N/c1-4-5-6-7-8-11-14-17-20-27(23-22-26(2)3)28-21-18-15-12-9-10-13-16-19-24-29-25-28/h26-29H,4-25H2,1-3H3. The molecule has 2 atom stereocenters. The summed E-state index contributed by atoms with van der Waals surface area (Å²) < 4.78 is 0. The number of rotatable bonds is 13. The van der Waals surface area contributed by atoms with Gasteiger partial charge in [0.2, 0.25) is 0 Å². The van der Waals surface area contributed by atoms with E-state index >= 15 is 0 Å². The molecule has 174 valence electrons. The molecular formula is C28H57N. The molecule has 1 aliphatic rings. The fourth-order valence-corrected chi connectivity index (χ4v) is 5.21. The van der Waals surface area contributed by atoms with Gasteiger partial charge in [0.05, 0.1) is 0 Å². The van der Waals surface area contributed by atoms with Crippen LogP contribution < -0.4 is 5.32 Å². The summed E-state index contributed by atoms with van der Waals surface area (Å²) >= 11 is 0. The van der Waals surface area contributed by atoms with Crippen LogP contribution in [0.1, 0.15) is 149 Å². The van der Waals surface area contributed by atoms with Crippen LogP contribution in [0.3, 0.4) is 0 Å². The van der Waals surface area contributed by atoms with Gasteiger partial charge in [0.25, 0.3) is 0 Å². The fraction of sp³-hybridized carbons (Fsp3) is 1.00. The smallest absolute Gasteiger partial charge is 0.00179 e. The van der Waals surface area contributed by atoms with E-state index in [9.17, 15) is 0 Å². The SMILES string of the molecule is CCCCCCCCCCC(CCC(C)C)C1CCCCCCCCCCNC1. The zero-order valence-electron chi connectivity index (χ0n) is 20.8. The van der Waals surface area contributed by atoms with Gasteiger partial charge in [0, 0.05) is 0 Å². The maximum atomic E-state index is 3.87. The van der Waals surface area contributed by atoms with Crippen molar-refractivity contribution >= 4 is 0 Å². The Morgan fingerprint density at radius 1 is 0.655 bits per heavy atom. The second-order valence-corrected chi connectivity index (χ2v) is 10.6. The van der Waals surface area contributed by atoms with Crippen molar-refractivity contribution < 1.29 is 0 Å². The average Bonchev–Trinajstić information content (AvgIpc) is 2.73. The van der Waals surface area contributed by atoms with Crippen molar-refractivity contribution in [2.24, 2.45) is 17.8 Å². The third-order valence-electron chi connectivity index (χ3n) is 7.29. The minimum absolute atomic E-state index is 0.860. The molecule has 1 nitrogen and oxygen atoms in total. The molecule has 0 radical (unpaired) electrons. The van der Waals surface area contributed by atoms with E-state index < -0.39 is 0 Å². The predicted molar refractivity (Wildman–Crippen MR) is 133 cm³/mol. The molecule has 0 aromatic heterocycles. The van der Waals surface area contributed by atoms with Crippen molar-refractivity contribution in [1.82, 2.24) is 5.32 Å². The van der Waals surface area contributed by atoms with Gasteiger partial charge in [-0.1, -0.05) is 130 Å². The van der Waals surface area contributed by atoms with E-state index in [1.54, 1.807) is 0 Å². The first-order valence-electron chi connectivity index (χ1n) is 13.9. The van der Waals surface area contributed by atoms with Gasteiger partial charge in [0.1, 0.15) is 0 Å². The molecule has 0 saturated carbocycles. The Morgan fingerprint density at radius 2 is 1.24 bits per heavy atom. The molecule has 2 unspecified atom stereocenters. The molecule has 1 N–H and O–H groups in total. The highest BCUT2D eigenvalue weighted by Crippen LogP contribution is 2.30. The van der Waals surface area contributed by atoms with Gasteiger partial charge < -0.3 is 5.32 Å². The zero-order valence-corrected chi connectivity index (χ0v) is 20.8. The van der Waals surface area contributed by atoms with E-state index in [4.69, 9.17) is 0 Å². The van der Waals surface area contributed by atoms with E-state index in [-0.39, 0.29) is 0 Å². The van der Waals surface area contributed by atoms with Crippen LogP contribution in [0.5, 0.6) is 0 Å². The third kappa shape index (κ3) is 16.3. The highest BCUT2D eigenvalue weighted by atomic mass is 14.9. The summed E-state index contributed by atoms with van der Waals surface area (Å²) in [5, 5.41) is 3.87. The number of unbranched alkanes of at least 4 members (excludes halogenated alkanes) is 7. The normalized spacial score (nSPS) is 21.3. The van der Waals surface area contributed by atoms with Crippen molar-refractivity contribution in [3.63, 3.8) is 0 Å². The molecule has 1 fully saturated rings. The van der Waals surface area contributed by atoms with Gasteiger partial charge in [-0.25, -0.2) is 0 Å². The molecule has 1 aliphatic heterocycles. The lowest BCUT2D eigenvalue weighted by atomic mass is 9.80. The van der Waals surface area contributed by atoms with Crippen molar-refractivity contribution in [2.75, 3.05) is 13.1 Å². The summed E-state index contributed by atoms with van der Waals surface area (Å²) in [5.74, 6) is 2.76. The van der Waals surface area contributed by atoms with Crippen molar-refractivity contribution in [1.29, 1.82) is 0 Å². The molecule has 0 spiro atoms. The Morgan fingerprint density at radius 3 is 1.90 bits per heavy atom. The van der Waals surface area contributed by atoms with E-state index in [0.717, 1.165) is 17.8 Å². The minimum atomic E-state index is 0.860. The summed E-state index contributed by atoms with van der Waals surface area (Å²) in [7, 11) is 0. The maximum absolute atomic E-state index is 3.87. The van der Waals surface area contributed by atoms with Crippen LogP contribution in [0.2, 0.25) is 0 Å². The van der Waals surface area contributed by atoms with Crippen molar-refractivity contribution in [3.05, 3.63) is 0 Å². The summed E-state index contributed by atoms with van der Waals surface area (Å²) in [6, 6.07) is 0. The molecule has 1 heteroatoms. The lowest BCUT2D eigenvalue weighted by Gasteiger charge is -2.29. The van der Waals surface area contributed by atoms with Crippen molar-refractivity contribution in [3.8, 4) is 0 Å². The van der Waals surface area contributed by atoms with Gasteiger partial charge in [-0.15, -0.1) is 0 Å². The lowest BCUT2D eigenvalue weighted by molar-refractivity contribution is 0.242. The molecule has 1 heterocycles. The van der Waals surface area contributed by atoms with E-state index in [0.29, 0.717) is 0 Å². The molecule has 0 aliphatic carbocycles. The second kappa shape index (κ2) is 19.9. The van der Waals surface area contributed by atoms with Crippen LogP contribution in [-0.4, -0.2) is 13.1 Å². The molecular weight excluding hydrogens is 350 g/mol. The van der Waals surface area contributed by atoms with Crippen LogP contribution in [-0.2, 0) is 0 Å². The van der Waals surface area contributed by atoms with E-state index in [2.05, 4.69) is 26.1 Å². The Kier molecular flexibility index (Phi) is 18.5. The first-order valence-corrected chi connectivity index (χ1v) is 13.9. The molecule has 0 aromatic rings. The molecule has 0 bridgehead atoms. The summed E-state index contributed by atoms with van der Waals surface area (Å²) in [5.41, 5.74) is 0. The minimum Gasteiger partial charge on any atom is -0.316 e. The van der Waals surface area contributed by atoms with Crippen LogP contribution >= 0.6 is 0 Å². The number of hydrogen-bond donors (Lipinski definition) is 1. The summed E-state index contributed by atoms with van der Waals surface area (Å²) in [4.78, 5) is 0. The molecule has 0 aromatic carbocycles. The van der Waals surface area contributed by atoms with E-state index in [1.165, 1.54) is 142 Å². The van der Waals surface area contributed by atoms with Gasteiger partial charge >= 0.3 is 0 Å². The highest BCUT2D eigenvalue weighted by Gasteiger charge is 2.21. The fourth-order valence-electron chi connectivity index (χ4n) is 5.21. The van der Waals surface area contributed by atoms with Gasteiger partial charge in [0.15, 0.2) is 0 Å². The van der Waals surface area contributed by atoms with Crippen molar-refractivity contribution in [2.45, 2.75) is 149 Å². The van der Waals surface area contributed by atoms with Crippen LogP contribution in [0.25, 0.3) is 0 Å². The van der Waals surface area contributed by atoms with Gasteiger partial charge in [-0.3, -0.25) is 0 Å². The lowest BCUT2D eigenvalue weighted by Crippen LogP contribution is -2.29. The highest BCUT2D eigenvalue weighted by molar-refractivity contribution is 4.74. The Hall–Kier alpha value is -0.0400. The Labute approximate surface area is 185 Å². The predicted octanol–water partition coefficient (Wildman–Crippen LogP) is 9.30. The zero-order chi connectivity index (χ0) is 21.0. The topological polar surface area (TPSA) is 12.0 Å². The third-order valence-corrected chi connectivity index (χ3v) is 7.29. The number of nitrogens with one attached hydrogen (secondary N) is 1. The van der Waals surface area contributed by atoms with Crippen LogP contribution in [0.4, 0.5) is 0 Å². The first-order chi connectivity index (χ1) is 14.2. The quantitative estimate of drug-likeness (QED) is 0.300. The number of hydrogen-bond acceptors (Lipinski definition) is 1.